The summed E-state index contributed by atoms with van der Waals surface area (Å²) in [5.41, 5.74) is 3.08. The van der Waals surface area contributed by atoms with Crippen LogP contribution >= 0.6 is 0 Å². The van der Waals surface area contributed by atoms with Gasteiger partial charge in [0.2, 0.25) is 0 Å². The molecule has 5 aliphatic rings. The monoisotopic (exact) mass is 232 g/mol. The van der Waals surface area contributed by atoms with E-state index in [0.29, 0.717) is 27.1 Å². The van der Waals surface area contributed by atoms with E-state index in [1.807, 2.05) is 0 Å². The molecule has 0 spiro atoms. The largest absolute Gasteiger partial charge is 0.0619 e. The average molecular weight is 232 g/mol. The molecule has 7 unspecified atom stereocenters. The topological polar surface area (TPSA) is 0 Å². The minimum absolute atomic E-state index is 0.555. The lowest BCUT2D eigenvalue weighted by Crippen LogP contribution is -2.72. The van der Waals surface area contributed by atoms with Crippen molar-refractivity contribution in [2.45, 2.75) is 61.3 Å². The maximum atomic E-state index is 2.66. The summed E-state index contributed by atoms with van der Waals surface area (Å²) < 4.78 is 0. The van der Waals surface area contributed by atoms with Crippen LogP contribution in [0.15, 0.2) is 0 Å². The van der Waals surface area contributed by atoms with Crippen molar-refractivity contribution in [2.75, 3.05) is 0 Å². The van der Waals surface area contributed by atoms with Crippen LogP contribution in [0, 0.1) is 44.8 Å². The predicted octanol–water partition coefficient (Wildman–Crippen LogP) is 4.74. The molecular formula is C17H28. The Morgan fingerprint density at radius 2 is 1.53 bits per heavy atom. The van der Waals surface area contributed by atoms with Gasteiger partial charge in [0, 0.05) is 0 Å². The van der Waals surface area contributed by atoms with Crippen molar-refractivity contribution in [3.8, 4) is 0 Å². The Kier molecular flexibility index (Phi) is 1.37. The van der Waals surface area contributed by atoms with Crippen LogP contribution in [-0.4, -0.2) is 0 Å². The summed E-state index contributed by atoms with van der Waals surface area (Å²) in [5.74, 6) is 3.04. The smallest absolute Gasteiger partial charge is 0.0171 e. The van der Waals surface area contributed by atoms with Crippen molar-refractivity contribution in [2.24, 2.45) is 44.8 Å². The first-order valence-electron chi connectivity index (χ1n) is 7.59. The van der Waals surface area contributed by atoms with Crippen LogP contribution in [0.5, 0.6) is 0 Å². The van der Waals surface area contributed by atoms with E-state index < -0.39 is 0 Å². The third kappa shape index (κ3) is 0.573. The Bertz CT molecular complexity index is 435. The van der Waals surface area contributed by atoms with Gasteiger partial charge in [0.15, 0.2) is 0 Å². The van der Waals surface area contributed by atoms with Gasteiger partial charge >= 0.3 is 0 Å². The second-order valence-electron chi connectivity index (χ2n) is 9.26. The molecule has 0 aromatic heterocycles. The summed E-state index contributed by atoms with van der Waals surface area (Å²) in [4.78, 5) is 0. The van der Waals surface area contributed by atoms with Crippen LogP contribution in [0.1, 0.15) is 61.3 Å². The Morgan fingerprint density at radius 3 is 2.00 bits per heavy atom. The summed E-state index contributed by atoms with van der Waals surface area (Å²) in [6.45, 7) is 18.1. The molecule has 2 bridgehead atoms. The fourth-order valence-electron chi connectivity index (χ4n) is 8.15. The lowest BCUT2D eigenvalue weighted by Gasteiger charge is -2.77. The van der Waals surface area contributed by atoms with E-state index in [-0.39, 0.29) is 0 Å². The molecule has 0 nitrogen and oxygen atoms in total. The highest BCUT2D eigenvalue weighted by Crippen LogP contribution is 2.99. The Hall–Kier alpha value is 0. The summed E-state index contributed by atoms with van der Waals surface area (Å²) in [7, 11) is 0. The van der Waals surface area contributed by atoms with Gasteiger partial charge in [0.1, 0.15) is 0 Å². The van der Waals surface area contributed by atoms with Crippen LogP contribution in [0.3, 0.4) is 0 Å². The molecule has 5 rings (SSSR count). The van der Waals surface area contributed by atoms with Crippen molar-refractivity contribution >= 4 is 0 Å². The third-order valence-electron chi connectivity index (χ3n) is 9.91. The van der Waals surface area contributed by atoms with Gasteiger partial charge in [0.05, 0.1) is 0 Å². The van der Waals surface area contributed by atoms with Gasteiger partial charge in [-0.2, -0.15) is 0 Å². The molecule has 0 amide bonds. The molecule has 5 aliphatic carbocycles. The molecule has 0 radical (unpaired) electrons. The average Bonchev–Trinajstić information content (AvgIpc) is 2.47. The first-order valence-corrected chi connectivity index (χ1v) is 7.59. The van der Waals surface area contributed by atoms with E-state index in [1.165, 1.54) is 12.8 Å². The number of hydrogen-bond donors (Lipinski definition) is 0. The second-order valence-corrected chi connectivity index (χ2v) is 9.26. The first kappa shape index (κ1) is 10.9. The molecule has 0 saturated heterocycles. The van der Waals surface area contributed by atoms with Crippen LogP contribution in [-0.2, 0) is 0 Å². The van der Waals surface area contributed by atoms with E-state index in [0.717, 1.165) is 17.8 Å². The van der Waals surface area contributed by atoms with E-state index >= 15 is 0 Å². The summed E-state index contributed by atoms with van der Waals surface area (Å²) in [5, 5.41) is 0. The molecule has 96 valence electrons. The molecular weight excluding hydrogens is 204 g/mol. The molecule has 0 aromatic rings. The Labute approximate surface area is 107 Å². The highest BCUT2D eigenvalue weighted by molar-refractivity contribution is 5.41. The van der Waals surface area contributed by atoms with Crippen LogP contribution in [0.2, 0.25) is 0 Å². The number of fused-ring (bicyclic) bond motifs is 1. The maximum absolute atomic E-state index is 2.66. The van der Waals surface area contributed by atoms with Crippen LogP contribution < -0.4 is 0 Å². The van der Waals surface area contributed by atoms with Crippen molar-refractivity contribution < 1.29 is 0 Å². The molecule has 0 heteroatoms. The van der Waals surface area contributed by atoms with Gasteiger partial charge in [-0.15, -0.1) is 0 Å². The summed E-state index contributed by atoms with van der Waals surface area (Å²) in [6.07, 6.45) is 3.01. The molecule has 0 heterocycles. The second kappa shape index (κ2) is 2.14. The molecule has 0 aromatic carbocycles. The van der Waals surface area contributed by atoms with E-state index in [4.69, 9.17) is 0 Å². The number of rotatable bonds is 0. The van der Waals surface area contributed by atoms with Crippen molar-refractivity contribution in [1.82, 2.24) is 0 Å². The SMILES string of the molecule is CC1CC2C3C4(C)CC(C)(C4(C)C)C3(C)C12C. The van der Waals surface area contributed by atoms with Gasteiger partial charge in [0.25, 0.3) is 0 Å². The van der Waals surface area contributed by atoms with E-state index in [9.17, 15) is 0 Å². The van der Waals surface area contributed by atoms with Crippen molar-refractivity contribution in [3.63, 3.8) is 0 Å². The zero-order chi connectivity index (χ0) is 12.6. The third-order valence-corrected chi connectivity index (χ3v) is 9.91. The quantitative estimate of drug-likeness (QED) is 0.566. The zero-order valence-corrected chi connectivity index (χ0v) is 12.6. The maximum Gasteiger partial charge on any atom is -0.0171 e. The molecule has 7 atom stereocenters. The first-order chi connectivity index (χ1) is 7.59. The fraction of sp³-hybridized carbons (Fsp3) is 1.00. The molecule has 17 heavy (non-hydrogen) atoms. The van der Waals surface area contributed by atoms with Gasteiger partial charge in [-0.05, 0) is 57.7 Å². The highest BCUT2D eigenvalue weighted by atomic mass is 15.0. The Balaban J connectivity index is 1.93. The van der Waals surface area contributed by atoms with E-state index in [2.05, 4.69) is 48.5 Å². The summed E-state index contributed by atoms with van der Waals surface area (Å²) in [6, 6.07) is 0. The molecule has 5 fully saturated rings. The van der Waals surface area contributed by atoms with Gasteiger partial charge < -0.3 is 0 Å². The lowest BCUT2D eigenvalue weighted by atomic mass is 9.27. The van der Waals surface area contributed by atoms with Gasteiger partial charge in [-0.1, -0.05) is 48.5 Å². The molecule has 0 N–H and O–H groups in total. The minimum Gasteiger partial charge on any atom is -0.0619 e. The van der Waals surface area contributed by atoms with Gasteiger partial charge in [-0.25, -0.2) is 0 Å². The van der Waals surface area contributed by atoms with Crippen molar-refractivity contribution in [1.29, 1.82) is 0 Å². The highest BCUT2D eigenvalue weighted by Gasteiger charge is 2.94. The zero-order valence-electron chi connectivity index (χ0n) is 12.6. The van der Waals surface area contributed by atoms with Gasteiger partial charge in [-0.3, -0.25) is 0 Å². The molecule has 0 aliphatic heterocycles. The van der Waals surface area contributed by atoms with Crippen LogP contribution in [0.4, 0.5) is 0 Å². The molecule has 5 saturated carbocycles. The van der Waals surface area contributed by atoms with E-state index in [1.54, 1.807) is 0 Å². The summed E-state index contributed by atoms with van der Waals surface area (Å²) >= 11 is 0. The Morgan fingerprint density at radius 1 is 0.941 bits per heavy atom. The predicted molar refractivity (Wildman–Crippen MR) is 71.6 cm³/mol. The standard InChI is InChI=1S/C17H28/c1-10-8-11-12-14(4)9-15(5,13(14,2)3)17(12,7)16(10,11)6/h10-12H,8-9H2,1-7H3. The minimum atomic E-state index is 0.555. The lowest BCUT2D eigenvalue weighted by molar-refractivity contribution is -0.300. The fourth-order valence-corrected chi connectivity index (χ4v) is 8.15. The normalized spacial score (nSPS) is 73.9. The van der Waals surface area contributed by atoms with Crippen LogP contribution in [0.25, 0.3) is 0 Å². The number of hydrogen-bond acceptors (Lipinski definition) is 0. The van der Waals surface area contributed by atoms with Crippen molar-refractivity contribution in [3.05, 3.63) is 0 Å².